The number of methoxy groups -OCH3 is 2. The van der Waals surface area contributed by atoms with Gasteiger partial charge in [-0.1, -0.05) is 0 Å². The Morgan fingerprint density at radius 3 is 2.47 bits per heavy atom. The van der Waals surface area contributed by atoms with E-state index in [1.54, 1.807) is 26.0 Å². The third kappa shape index (κ3) is 2.97. The smallest absolute Gasteiger partial charge is 0.232 e. The minimum Gasteiger partial charge on any atom is -0.493 e. The summed E-state index contributed by atoms with van der Waals surface area (Å²) in [6.45, 7) is 1.44. The van der Waals surface area contributed by atoms with Gasteiger partial charge in [-0.3, -0.25) is 4.79 Å². The number of hydrogen-bond acceptors (Lipinski definition) is 4. The molecule has 0 saturated heterocycles. The van der Waals surface area contributed by atoms with Gasteiger partial charge in [-0.15, -0.1) is 0 Å². The molecular formula is C14H19NO3S. The van der Waals surface area contributed by atoms with Gasteiger partial charge in [0.15, 0.2) is 11.5 Å². The highest BCUT2D eigenvalue weighted by Crippen LogP contribution is 2.33. The molecule has 1 heterocycles. The first kappa shape index (κ1) is 14.1. The average molecular weight is 281 g/mol. The summed E-state index contributed by atoms with van der Waals surface area (Å²) in [7, 11) is 3.27. The molecule has 0 aromatic heterocycles. The minimum absolute atomic E-state index is 0.202. The number of fused-ring (bicyclic) bond motifs is 1. The third-order valence-electron chi connectivity index (χ3n) is 3.34. The molecule has 0 aliphatic carbocycles. The topological polar surface area (TPSA) is 38.8 Å². The van der Waals surface area contributed by atoms with E-state index >= 15 is 0 Å². The van der Waals surface area contributed by atoms with Gasteiger partial charge in [-0.05, 0) is 35.9 Å². The summed E-state index contributed by atoms with van der Waals surface area (Å²) in [6.07, 6.45) is 2.82. The van der Waals surface area contributed by atoms with E-state index < -0.39 is 0 Å². The van der Waals surface area contributed by atoms with E-state index in [1.807, 2.05) is 23.3 Å². The lowest BCUT2D eigenvalue weighted by molar-refractivity contribution is -0.129. The molecule has 0 saturated carbocycles. The van der Waals surface area contributed by atoms with Crippen LogP contribution in [0.2, 0.25) is 0 Å². The maximum Gasteiger partial charge on any atom is 0.232 e. The molecular weight excluding hydrogens is 262 g/mol. The SMILES string of the molecule is COc1cc2c(cc1OC)CN(C(=O)CSC)CC2. The maximum atomic E-state index is 11.9. The summed E-state index contributed by atoms with van der Waals surface area (Å²) in [4.78, 5) is 13.8. The zero-order chi connectivity index (χ0) is 13.8. The Labute approximate surface area is 118 Å². The molecule has 1 amide bonds. The van der Waals surface area contributed by atoms with Crippen molar-refractivity contribution in [3.05, 3.63) is 23.3 Å². The molecule has 1 aliphatic heterocycles. The zero-order valence-corrected chi connectivity index (χ0v) is 12.4. The highest BCUT2D eigenvalue weighted by Gasteiger charge is 2.22. The standard InChI is InChI=1S/C14H19NO3S/c1-17-12-6-10-4-5-15(14(16)9-19-3)8-11(10)7-13(12)18-2/h6-7H,4-5,8-9H2,1-3H3. The Bertz CT molecular complexity index is 476. The summed E-state index contributed by atoms with van der Waals surface area (Å²) in [6, 6.07) is 4.00. The van der Waals surface area contributed by atoms with Crippen LogP contribution in [0.25, 0.3) is 0 Å². The van der Waals surface area contributed by atoms with Crippen LogP contribution in [0.3, 0.4) is 0 Å². The van der Waals surface area contributed by atoms with Gasteiger partial charge >= 0.3 is 0 Å². The Hall–Kier alpha value is -1.36. The van der Waals surface area contributed by atoms with Crippen molar-refractivity contribution in [1.29, 1.82) is 0 Å². The zero-order valence-electron chi connectivity index (χ0n) is 11.6. The van der Waals surface area contributed by atoms with E-state index in [0.717, 1.165) is 30.0 Å². The summed E-state index contributed by atoms with van der Waals surface area (Å²) in [5, 5.41) is 0. The van der Waals surface area contributed by atoms with E-state index in [4.69, 9.17) is 9.47 Å². The van der Waals surface area contributed by atoms with Crippen molar-refractivity contribution in [3.8, 4) is 11.5 Å². The number of ether oxygens (including phenoxy) is 2. The number of carbonyl (C=O) groups is 1. The van der Waals surface area contributed by atoms with Crippen LogP contribution in [0.15, 0.2) is 12.1 Å². The van der Waals surface area contributed by atoms with Crippen LogP contribution in [0, 0.1) is 0 Å². The fourth-order valence-corrected chi connectivity index (χ4v) is 2.74. The first-order valence-electron chi connectivity index (χ1n) is 6.20. The number of carbonyl (C=O) groups excluding carboxylic acids is 1. The summed E-state index contributed by atoms with van der Waals surface area (Å²) >= 11 is 1.56. The second kappa shape index (κ2) is 6.19. The summed E-state index contributed by atoms with van der Waals surface area (Å²) in [5.41, 5.74) is 2.39. The molecule has 104 valence electrons. The van der Waals surface area contributed by atoms with Crippen molar-refractivity contribution in [2.45, 2.75) is 13.0 Å². The molecule has 0 unspecified atom stereocenters. The van der Waals surface area contributed by atoms with E-state index in [-0.39, 0.29) is 5.91 Å². The molecule has 0 radical (unpaired) electrons. The van der Waals surface area contributed by atoms with Gasteiger partial charge in [-0.2, -0.15) is 11.8 Å². The number of benzene rings is 1. The van der Waals surface area contributed by atoms with Crippen molar-refractivity contribution in [3.63, 3.8) is 0 Å². The number of thioether (sulfide) groups is 1. The number of nitrogens with zero attached hydrogens (tertiary/aromatic N) is 1. The highest BCUT2D eigenvalue weighted by atomic mass is 32.2. The quantitative estimate of drug-likeness (QED) is 0.845. The van der Waals surface area contributed by atoms with E-state index in [1.165, 1.54) is 5.56 Å². The van der Waals surface area contributed by atoms with Crippen molar-refractivity contribution >= 4 is 17.7 Å². The Morgan fingerprint density at radius 2 is 1.89 bits per heavy atom. The Balaban J connectivity index is 2.22. The van der Waals surface area contributed by atoms with Gasteiger partial charge in [0, 0.05) is 13.1 Å². The Kier molecular flexibility index (Phi) is 4.58. The van der Waals surface area contributed by atoms with Gasteiger partial charge in [-0.25, -0.2) is 0 Å². The first-order valence-corrected chi connectivity index (χ1v) is 7.59. The molecule has 2 rings (SSSR count). The minimum atomic E-state index is 0.202. The normalized spacial score (nSPS) is 13.9. The number of rotatable bonds is 4. The number of hydrogen-bond donors (Lipinski definition) is 0. The van der Waals surface area contributed by atoms with Crippen LogP contribution < -0.4 is 9.47 Å². The molecule has 1 aromatic rings. The largest absolute Gasteiger partial charge is 0.493 e. The lowest BCUT2D eigenvalue weighted by atomic mass is 9.99. The third-order valence-corrected chi connectivity index (χ3v) is 3.87. The number of amides is 1. The molecule has 0 N–H and O–H groups in total. The lowest BCUT2D eigenvalue weighted by Gasteiger charge is -2.29. The monoisotopic (exact) mass is 281 g/mol. The van der Waals surface area contributed by atoms with Crippen LogP contribution >= 0.6 is 11.8 Å². The van der Waals surface area contributed by atoms with Gasteiger partial charge in [0.25, 0.3) is 0 Å². The van der Waals surface area contributed by atoms with Crippen molar-refractivity contribution < 1.29 is 14.3 Å². The van der Waals surface area contributed by atoms with E-state index in [9.17, 15) is 4.79 Å². The van der Waals surface area contributed by atoms with Crippen LogP contribution in [-0.2, 0) is 17.8 Å². The second-order valence-electron chi connectivity index (χ2n) is 4.47. The van der Waals surface area contributed by atoms with Gasteiger partial charge in [0.2, 0.25) is 5.91 Å². The van der Waals surface area contributed by atoms with Gasteiger partial charge in [0.1, 0.15) is 0 Å². The average Bonchev–Trinajstić information content (AvgIpc) is 2.45. The van der Waals surface area contributed by atoms with Crippen LogP contribution in [0.5, 0.6) is 11.5 Å². The van der Waals surface area contributed by atoms with Crippen LogP contribution in [0.1, 0.15) is 11.1 Å². The molecule has 5 heteroatoms. The first-order chi connectivity index (χ1) is 9.19. The van der Waals surface area contributed by atoms with Gasteiger partial charge in [0.05, 0.1) is 20.0 Å². The molecule has 4 nitrogen and oxygen atoms in total. The van der Waals surface area contributed by atoms with Crippen LogP contribution in [-0.4, -0.2) is 43.6 Å². The molecule has 1 aromatic carbocycles. The lowest BCUT2D eigenvalue weighted by Crippen LogP contribution is -2.37. The molecule has 0 atom stereocenters. The summed E-state index contributed by atoms with van der Waals surface area (Å²) < 4.78 is 10.6. The maximum absolute atomic E-state index is 11.9. The predicted octanol–water partition coefficient (Wildman–Crippen LogP) is 1.95. The van der Waals surface area contributed by atoms with Crippen molar-refractivity contribution in [1.82, 2.24) is 4.90 Å². The molecule has 0 bridgehead atoms. The molecule has 0 fully saturated rings. The van der Waals surface area contributed by atoms with Gasteiger partial charge < -0.3 is 14.4 Å². The van der Waals surface area contributed by atoms with E-state index in [0.29, 0.717) is 12.3 Å². The second-order valence-corrected chi connectivity index (χ2v) is 5.34. The molecule has 0 spiro atoms. The highest BCUT2D eigenvalue weighted by molar-refractivity contribution is 7.99. The fourth-order valence-electron chi connectivity index (χ4n) is 2.31. The molecule has 1 aliphatic rings. The van der Waals surface area contributed by atoms with Crippen LogP contribution in [0.4, 0.5) is 0 Å². The predicted molar refractivity (Wildman–Crippen MR) is 77.0 cm³/mol. The van der Waals surface area contributed by atoms with Crippen molar-refractivity contribution in [2.75, 3.05) is 32.8 Å². The molecule has 19 heavy (non-hydrogen) atoms. The Morgan fingerprint density at radius 1 is 1.26 bits per heavy atom. The van der Waals surface area contributed by atoms with Crippen molar-refractivity contribution in [2.24, 2.45) is 0 Å². The van der Waals surface area contributed by atoms with E-state index in [2.05, 4.69) is 0 Å². The fraction of sp³-hybridized carbons (Fsp3) is 0.500. The summed E-state index contributed by atoms with van der Waals surface area (Å²) in [5.74, 6) is 2.22.